The molecule has 34 heavy (non-hydrogen) atoms. The largest absolute Gasteiger partial charge is 0.481 e. The SMILES string of the molecule is COC(=O)[C@H](CCC(=O)N[C@@H](CC(Cc1ccccc1)C(=O)O)C(=O)O)NC(=O)OC(C)(C)C. The standard InChI is InChI=1S/C23H32N2O9/c1-23(2,3)34-22(32)25-16(21(31)33-4)10-11-18(26)24-17(20(29)30)13-15(19(27)28)12-14-8-6-5-7-9-14/h5-9,15-17H,10-13H2,1-4H3,(H,24,26)(H,25,32)(H,27,28)(H,29,30)/t15?,16-,17-/m0/s1. The van der Waals surface area contributed by atoms with Crippen molar-refractivity contribution in [2.45, 2.75) is 64.1 Å². The van der Waals surface area contributed by atoms with Crippen LogP contribution in [-0.2, 0) is 35.1 Å². The molecule has 0 radical (unpaired) electrons. The molecule has 1 aromatic carbocycles. The maximum absolute atomic E-state index is 12.4. The monoisotopic (exact) mass is 480 g/mol. The molecule has 11 heteroatoms. The first-order valence-corrected chi connectivity index (χ1v) is 10.7. The number of amides is 2. The smallest absolute Gasteiger partial charge is 0.408 e. The topological polar surface area (TPSA) is 168 Å². The van der Waals surface area contributed by atoms with Crippen LogP contribution in [-0.4, -0.2) is 64.9 Å². The number of hydrogen-bond donors (Lipinski definition) is 4. The van der Waals surface area contributed by atoms with Gasteiger partial charge in [-0.2, -0.15) is 0 Å². The molecular formula is C23H32N2O9. The van der Waals surface area contributed by atoms with Crippen LogP contribution in [0.3, 0.4) is 0 Å². The van der Waals surface area contributed by atoms with Crippen molar-refractivity contribution in [2.75, 3.05) is 7.11 Å². The summed E-state index contributed by atoms with van der Waals surface area (Å²) in [5.74, 6) is -5.14. The Kier molecular flexibility index (Phi) is 11.0. The van der Waals surface area contributed by atoms with Crippen molar-refractivity contribution < 1.29 is 43.7 Å². The second kappa shape index (κ2) is 13.2. The maximum Gasteiger partial charge on any atom is 0.408 e. The molecule has 0 aliphatic rings. The van der Waals surface area contributed by atoms with E-state index in [4.69, 9.17) is 4.74 Å². The Bertz CT molecular complexity index is 865. The summed E-state index contributed by atoms with van der Waals surface area (Å²) in [4.78, 5) is 59.6. The van der Waals surface area contributed by atoms with Gasteiger partial charge >= 0.3 is 24.0 Å². The Morgan fingerprint density at radius 2 is 1.56 bits per heavy atom. The van der Waals surface area contributed by atoms with Crippen molar-refractivity contribution in [1.82, 2.24) is 10.6 Å². The molecule has 3 atom stereocenters. The summed E-state index contributed by atoms with van der Waals surface area (Å²) in [5, 5.41) is 23.6. The average Bonchev–Trinajstić information content (AvgIpc) is 2.74. The van der Waals surface area contributed by atoms with Crippen LogP contribution in [0.1, 0.15) is 45.6 Å². The van der Waals surface area contributed by atoms with Gasteiger partial charge in [0.05, 0.1) is 13.0 Å². The molecule has 0 aliphatic heterocycles. The summed E-state index contributed by atoms with van der Waals surface area (Å²) < 4.78 is 9.72. The fourth-order valence-electron chi connectivity index (χ4n) is 3.06. The lowest BCUT2D eigenvalue weighted by molar-refractivity contribution is -0.146. The summed E-state index contributed by atoms with van der Waals surface area (Å²) in [5.41, 5.74) is -0.0865. The third-order valence-corrected chi connectivity index (χ3v) is 4.66. The molecule has 0 spiro atoms. The van der Waals surface area contributed by atoms with Crippen LogP contribution < -0.4 is 10.6 Å². The quantitative estimate of drug-likeness (QED) is 0.326. The third kappa shape index (κ3) is 10.8. The van der Waals surface area contributed by atoms with E-state index >= 15 is 0 Å². The van der Waals surface area contributed by atoms with Gasteiger partial charge in [0.25, 0.3) is 0 Å². The number of benzene rings is 1. The molecule has 2 amide bonds. The number of hydrogen-bond acceptors (Lipinski definition) is 7. The molecule has 1 unspecified atom stereocenters. The predicted molar refractivity (Wildman–Crippen MR) is 120 cm³/mol. The Hall–Kier alpha value is -3.63. The van der Waals surface area contributed by atoms with Crippen molar-refractivity contribution in [3.8, 4) is 0 Å². The molecule has 1 rings (SSSR count). The normalized spacial score (nSPS) is 13.6. The Morgan fingerprint density at radius 3 is 2.06 bits per heavy atom. The van der Waals surface area contributed by atoms with Crippen molar-refractivity contribution in [1.29, 1.82) is 0 Å². The van der Waals surface area contributed by atoms with Crippen LogP contribution >= 0.6 is 0 Å². The highest BCUT2D eigenvalue weighted by atomic mass is 16.6. The first-order chi connectivity index (χ1) is 15.8. The van der Waals surface area contributed by atoms with E-state index in [-0.39, 0.29) is 25.7 Å². The Labute approximate surface area is 197 Å². The lowest BCUT2D eigenvalue weighted by atomic mass is 9.92. The van der Waals surface area contributed by atoms with Crippen LogP contribution in [0, 0.1) is 5.92 Å². The molecule has 1 aromatic rings. The van der Waals surface area contributed by atoms with Crippen molar-refractivity contribution in [3.63, 3.8) is 0 Å². The van der Waals surface area contributed by atoms with E-state index in [9.17, 15) is 34.2 Å². The average molecular weight is 481 g/mol. The number of carbonyl (C=O) groups is 5. The Balaban J connectivity index is 2.76. The van der Waals surface area contributed by atoms with Gasteiger partial charge in [0.2, 0.25) is 5.91 Å². The molecule has 0 saturated heterocycles. The third-order valence-electron chi connectivity index (χ3n) is 4.66. The van der Waals surface area contributed by atoms with Gasteiger partial charge in [-0.15, -0.1) is 0 Å². The van der Waals surface area contributed by atoms with Gasteiger partial charge in [0.1, 0.15) is 17.7 Å². The first-order valence-electron chi connectivity index (χ1n) is 10.7. The predicted octanol–water partition coefficient (Wildman–Crippen LogP) is 1.74. The minimum Gasteiger partial charge on any atom is -0.481 e. The minimum absolute atomic E-state index is 0.0973. The highest BCUT2D eigenvalue weighted by molar-refractivity contribution is 5.85. The summed E-state index contributed by atoms with van der Waals surface area (Å²) >= 11 is 0. The van der Waals surface area contributed by atoms with Gasteiger partial charge in [-0.3, -0.25) is 9.59 Å². The molecule has 0 bridgehead atoms. The first kappa shape index (κ1) is 28.4. The number of rotatable bonds is 12. The second-order valence-corrected chi connectivity index (χ2v) is 8.68. The van der Waals surface area contributed by atoms with Gasteiger partial charge in [-0.1, -0.05) is 30.3 Å². The van der Waals surface area contributed by atoms with Crippen LogP contribution in [0.25, 0.3) is 0 Å². The summed E-state index contributed by atoms with van der Waals surface area (Å²) in [6.07, 6.45) is -1.62. The van der Waals surface area contributed by atoms with Gasteiger partial charge in [0, 0.05) is 6.42 Å². The number of ether oxygens (including phenoxy) is 2. The van der Waals surface area contributed by atoms with Crippen molar-refractivity contribution in [2.24, 2.45) is 5.92 Å². The van der Waals surface area contributed by atoms with E-state index in [2.05, 4.69) is 15.4 Å². The van der Waals surface area contributed by atoms with E-state index in [1.165, 1.54) is 0 Å². The molecular weight excluding hydrogens is 448 g/mol. The van der Waals surface area contributed by atoms with E-state index < -0.39 is 53.5 Å². The number of carbonyl (C=O) groups excluding carboxylic acids is 3. The van der Waals surface area contributed by atoms with Crippen LogP contribution in [0.15, 0.2) is 30.3 Å². The lowest BCUT2D eigenvalue weighted by Crippen LogP contribution is -2.46. The minimum atomic E-state index is -1.45. The molecule has 0 saturated carbocycles. The molecule has 0 aromatic heterocycles. The zero-order valence-electron chi connectivity index (χ0n) is 19.7. The lowest BCUT2D eigenvalue weighted by Gasteiger charge is -2.23. The van der Waals surface area contributed by atoms with Gasteiger partial charge in [-0.05, 0) is 45.6 Å². The number of esters is 1. The van der Waals surface area contributed by atoms with Crippen LogP contribution in [0.5, 0.6) is 0 Å². The molecule has 4 N–H and O–H groups in total. The highest BCUT2D eigenvalue weighted by Crippen LogP contribution is 2.16. The molecule has 0 aliphatic carbocycles. The van der Waals surface area contributed by atoms with Crippen molar-refractivity contribution in [3.05, 3.63) is 35.9 Å². The molecule has 188 valence electrons. The van der Waals surface area contributed by atoms with E-state index in [0.717, 1.165) is 12.7 Å². The van der Waals surface area contributed by atoms with Gasteiger partial charge < -0.3 is 30.3 Å². The summed E-state index contributed by atoms with van der Waals surface area (Å²) in [6.45, 7) is 4.92. The zero-order valence-corrected chi connectivity index (χ0v) is 19.7. The van der Waals surface area contributed by atoms with Crippen LogP contribution in [0.4, 0.5) is 4.79 Å². The fraction of sp³-hybridized carbons (Fsp3) is 0.522. The Morgan fingerprint density at radius 1 is 0.941 bits per heavy atom. The van der Waals surface area contributed by atoms with E-state index in [1.807, 2.05) is 0 Å². The number of alkyl carbamates (subject to hydrolysis) is 1. The maximum atomic E-state index is 12.4. The number of aliphatic carboxylic acids is 2. The number of carboxylic acids is 2. The molecule has 0 heterocycles. The van der Waals surface area contributed by atoms with E-state index in [0.29, 0.717) is 0 Å². The summed E-state index contributed by atoms with van der Waals surface area (Å²) in [6, 6.07) is 6.08. The van der Waals surface area contributed by atoms with Crippen molar-refractivity contribution >= 4 is 29.9 Å². The van der Waals surface area contributed by atoms with Crippen LogP contribution in [0.2, 0.25) is 0 Å². The zero-order chi connectivity index (χ0) is 25.9. The fourth-order valence-corrected chi connectivity index (χ4v) is 3.06. The number of methoxy groups -OCH3 is 1. The van der Waals surface area contributed by atoms with Gasteiger partial charge in [-0.25, -0.2) is 14.4 Å². The molecule has 0 fully saturated rings. The van der Waals surface area contributed by atoms with Gasteiger partial charge in [0.15, 0.2) is 0 Å². The highest BCUT2D eigenvalue weighted by Gasteiger charge is 2.30. The number of carboxylic acid groups (broad SMARTS) is 2. The van der Waals surface area contributed by atoms with E-state index in [1.54, 1.807) is 51.1 Å². The molecule has 11 nitrogen and oxygen atoms in total. The number of nitrogens with one attached hydrogen (secondary N) is 2. The summed E-state index contributed by atoms with van der Waals surface area (Å²) in [7, 11) is 1.12. The second-order valence-electron chi connectivity index (χ2n) is 8.68.